The van der Waals surface area contributed by atoms with E-state index in [1.165, 1.54) is 0 Å². The van der Waals surface area contributed by atoms with Crippen molar-refractivity contribution in [1.82, 2.24) is 0 Å². The van der Waals surface area contributed by atoms with Gasteiger partial charge in [0.2, 0.25) is 5.82 Å². The van der Waals surface area contributed by atoms with Gasteiger partial charge in [-0.2, -0.15) is 4.39 Å². The Morgan fingerprint density at radius 2 is 2.13 bits per heavy atom. The third-order valence-electron chi connectivity index (χ3n) is 1.86. The molecule has 82 valence electrons. The fraction of sp³-hybridized carbons (Fsp3) is 0.222. The molecule has 0 fully saturated rings. The molecular weight excluding hydrogens is 208 g/mol. The minimum absolute atomic E-state index is 0.0572. The number of benzene rings is 1. The van der Waals surface area contributed by atoms with E-state index in [4.69, 9.17) is 10.8 Å². The summed E-state index contributed by atoms with van der Waals surface area (Å²) < 4.78 is 30.4. The molecule has 0 aliphatic carbocycles. The van der Waals surface area contributed by atoms with E-state index < -0.39 is 23.6 Å². The maximum Gasteiger partial charge on any atom is 0.325 e. The van der Waals surface area contributed by atoms with Gasteiger partial charge in [0.15, 0.2) is 11.6 Å². The molecule has 0 heterocycles. The zero-order chi connectivity index (χ0) is 11.6. The number of aliphatic carboxylic acids is 1. The van der Waals surface area contributed by atoms with E-state index in [2.05, 4.69) is 4.74 Å². The van der Waals surface area contributed by atoms with Crippen LogP contribution in [-0.4, -0.2) is 18.2 Å². The molecule has 0 aromatic heterocycles. The number of carbonyl (C=O) groups is 1. The Hall–Kier alpha value is -1.69. The molecule has 0 spiro atoms. The van der Waals surface area contributed by atoms with Crippen LogP contribution in [0.5, 0.6) is 5.75 Å². The highest BCUT2D eigenvalue weighted by Crippen LogP contribution is 2.24. The standard InChI is InChI=1S/C9H9F2NO3/c1-15-6-3-4(8(12)9(13)14)2-5(10)7(6)11/h2-3,8H,12H2,1H3,(H,13,14)/t8-/m1/s1. The molecule has 1 atom stereocenters. The number of carboxylic acids is 1. The SMILES string of the molecule is COc1cc([C@@H](N)C(=O)O)cc(F)c1F. The molecule has 1 aromatic rings. The van der Waals surface area contributed by atoms with Gasteiger partial charge in [-0.3, -0.25) is 4.79 Å². The van der Waals surface area contributed by atoms with E-state index in [0.29, 0.717) is 0 Å². The molecule has 1 rings (SSSR count). The number of carboxylic acid groups (broad SMARTS) is 1. The van der Waals surface area contributed by atoms with Crippen molar-refractivity contribution < 1.29 is 23.4 Å². The molecule has 0 aliphatic rings. The number of nitrogens with two attached hydrogens (primary N) is 1. The summed E-state index contributed by atoms with van der Waals surface area (Å²) in [5, 5.41) is 8.58. The monoisotopic (exact) mass is 217 g/mol. The highest BCUT2D eigenvalue weighted by Gasteiger charge is 2.19. The van der Waals surface area contributed by atoms with Gasteiger partial charge < -0.3 is 15.6 Å². The summed E-state index contributed by atoms with van der Waals surface area (Å²) >= 11 is 0. The van der Waals surface area contributed by atoms with E-state index in [1.54, 1.807) is 0 Å². The van der Waals surface area contributed by atoms with E-state index in [0.717, 1.165) is 19.2 Å². The van der Waals surface area contributed by atoms with Crippen molar-refractivity contribution in [3.8, 4) is 5.75 Å². The maximum absolute atomic E-state index is 13.0. The minimum atomic E-state index is -1.41. The van der Waals surface area contributed by atoms with Gasteiger partial charge in [0.25, 0.3) is 0 Å². The van der Waals surface area contributed by atoms with Crippen molar-refractivity contribution in [3.63, 3.8) is 0 Å². The first-order valence-electron chi connectivity index (χ1n) is 3.98. The molecule has 15 heavy (non-hydrogen) atoms. The van der Waals surface area contributed by atoms with Crippen LogP contribution in [0.4, 0.5) is 8.78 Å². The number of rotatable bonds is 3. The van der Waals surface area contributed by atoms with E-state index >= 15 is 0 Å². The lowest BCUT2D eigenvalue weighted by Gasteiger charge is -2.09. The van der Waals surface area contributed by atoms with Crippen LogP contribution in [0, 0.1) is 11.6 Å². The number of hydrogen-bond donors (Lipinski definition) is 2. The van der Waals surface area contributed by atoms with E-state index in [-0.39, 0.29) is 11.3 Å². The average Bonchev–Trinajstić information content (AvgIpc) is 2.20. The topological polar surface area (TPSA) is 72.5 Å². The predicted octanol–water partition coefficient (Wildman–Crippen LogP) is 1.06. The van der Waals surface area contributed by atoms with Crippen LogP contribution in [0.3, 0.4) is 0 Å². The van der Waals surface area contributed by atoms with Gasteiger partial charge in [-0.15, -0.1) is 0 Å². The first-order chi connectivity index (χ1) is 6.97. The maximum atomic E-state index is 13.0. The molecule has 0 saturated heterocycles. The molecule has 0 bridgehead atoms. The first kappa shape index (κ1) is 11.4. The normalized spacial score (nSPS) is 12.3. The molecule has 0 aliphatic heterocycles. The van der Waals surface area contributed by atoms with Crippen molar-refractivity contribution in [2.45, 2.75) is 6.04 Å². The van der Waals surface area contributed by atoms with Gasteiger partial charge >= 0.3 is 5.97 Å². The fourth-order valence-electron chi connectivity index (χ4n) is 1.05. The van der Waals surface area contributed by atoms with Crippen LogP contribution < -0.4 is 10.5 Å². The molecule has 0 unspecified atom stereocenters. The van der Waals surface area contributed by atoms with Crippen molar-refractivity contribution in [2.75, 3.05) is 7.11 Å². The molecule has 0 amide bonds. The quantitative estimate of drug-likeness (QED) is 0.793. The Morgan fingerprint density at radius 1 is 1.53 bits per heavy atom. The summed E-state index contributed by atoms with van der Waals surface area (Å²) in [6.07, 6.45) is 0. The van der Waals surface area contributed by atoms with Crippen LogP contribution in [0.25, 0.3) is 0 Å². The second kappa shape index (κ2) is 4.22. The zero-order valence-electron chi connectivity index (χ0n) is 7.83. The van der Waals surface area contributed by atoms with Gasteiger partial charge in [-0.05, 0) is 17.7 Å². The summed E-state index contributed by atoms with van der Waals surface area (Å²) in [7, 11) is 1.15. The van der Waals surface area contributed by atoms with Crippen molar-refractivity contribution in [3.05, 3.63) is 29.3 Å². The lowest BCUT2D eigenvalue weighted by molar-refractivity contribution is -0.138. The van der Waals surface area contributed by atoms with Gasteiger partial charge in [0, 0.05) is 0 Å². The van der Waals surface area contributed by atoms with Gasteiger partial charge in [-0.25, -0.2) is 4.39 Å². The van der Waals surface area contributed by atoms with Crippen molar-refractivity contribution in [2.24, 2.45) is 5.73 Å². The Morgan fingerprint density at radius 3 is 2.60 bits per heavy atom. The second-order valence-corrected chi connectivity index (χ2v) is 2.83. The molecule has 1 aromatic carbocycles. The van der Waals surface area contributed by atoms with E-state index in [9.17, 15) is 13.6 Å². The summed E-state index contributed by atoms with van der Waals surface area (Å²) in [4.78, 5) is 10.5. The first-order valence-corrected chi connectivity index (χ1v) is 3.98. The summed E-state index contributed by atoms with van der Waals surface area (Å²) in [6, 6.07) is 0.377. The molecule has 3 N–H and O–H groups in total. The molecule has 6 heteroatoms. The molecule has 0 radical (unpaired) electrons. The Kier molecular flexibility index (Phi) is 3.21. The lowest BCUT2D eigenvalue weighted by atomic mass is 10.1. The third kappa shape index (κ3) is 2.21. The minimum Gasteiger partial charge on any atom is -0.494 e. The smallest absolute Gasteiger partial charge is 0.325 e. The number of ether oxygens (including phenoxy) is 1. The van der Waals surface area contributed by atoms with Gasteiger partial charge in [-0.1, -0.05) is 0 Å². The van der Waals surface area contributed by atoms with Gasteiger partial charge in [0.05, 0.1) is 7.11 Å². The van der Waals surface area contributed by atoms with Crippen LogP contribution >= 0.6 is 0 Å². The summed E-state index contributed by atoms with van der Waals surface area (Å²) in [5.41, 5.74) is 5.18. The number of methoxy groups -OCH3 is 1. The van der Waals surface area contributed by atoms with Crippen molar-refractivity contribution in [1.29, 1.82) is 0 Å². The second-order valence-electron chi connectivity index (χ2n) is 2.83. The molecular formula is C9H9F2NO3. The summed E-state index contributed by atoms with van der Waals surface area (Å²) in [5.74, 6) is -4.07. The average molecular weight is 217 g/mol. The lowest BCUT2D eigenvalue weighted by Crippen LogP contribution is -2.21. The predicted molar refractivity (Wildman–Crippen MR) is 47.5 cm³/mol. The van der Waals surface area contributed by atoms with Crippen LogP contribution in [0.15, 0.2) is 12.1 Å². The number of hydrogen-bond acceptors (Lipinski definition) is 3. The fourth-order valence-corrected chi connectivity index (χ4v) is 1.05. The highest BCUT2D eigenvalue weighted by molar-refractivity contribution is 5.75. The third-order valence-corrected chi connectivity index (χ3v) is 1.86. The van der Waals surface area contributed by atoms with E-state index in [1.807, 2.05) is 0 Å². The van der Waals surface area contributed by atoms with Crippen LogP contribution in [0.1, 0.15) is 11.6 Å². The Balaban J connectivity index is 3.22. The molecule has 0 saturated carbocycles. The Labute approximate surface area is 84.3 Å². The van der Waals surface area contributed by atoms with Crippen LogP contribution in [0.2, 0.25) is 0 Å². The Bertz CT molecular complexity index is 395. The zero-order valence-corrected chi connectivity index (χ0v) is 7.83. The highest BCUT2D eigenvalue weighted by atomic mass is 19.2. The number of halogens is 2. The van der Waals surface area contributed by atoms with Gasteiger partial charge in [0.1, 0.15) is 6.04 Å². The summed E-state index contributed by atoms with van der Waals surface area (Å²) in [6.45, 7) is 0. The largest absolute Gasteiger partial charge is 0.494 e. The van der Waals surface area contributed by atoms with Crippen LogP contribution in [-0.2, 0) is 4.79 Å². The molecule has 4 nitrogen and oxygen atoms in total. The van der Waals surface area contributed by atoms with Crippen molar-refractivity contribution >= 4 is 5.97 Å².